The summed E-state index contributed by atoms with van der Waals surface area (Å²) in [7, 11) is 1.78. The van der Waals surface area contributed by atoms with Crippen molar-refractivity contribution in [3.05, 3.63) is 22.8 Å². The van der Waals surface area contributed by atoms with Gasteiger partial charge in [-0.25, -0.2) is 9.78 Å². The number of aliphatic hydroxyl groups is 1. The molecular formula is C11H15ClN2O3. The zero-order chi connectivity index (χ0) is 13.0. The maximum atomic E-state index is 10.9. The van der Waals surface area contributed by atoms with Gasteiger partial charge in [0.1, 0.15) is 5.82 Å². The van der Waals surface area contributed by atoms with Crippen molar-refractivity contribution in [2.75, 3.05) is 18.5 Å². The van der Waals surface area contributed by atoms with Crippen LogP contribution in [0.5, 0.6) is 0 Å². The molecule has 0 saturated heterocycles. The summed E-state index contributed by atoms with van der Waals surface area (Å²) in [5.41, 5.74) is 0.0283. The van der Waals surface area contributed by atoms with Crippen LogP contribution in [-0.4, -0.2) is 40.9 Å². The summed E-state index contributed by atoms with van der Waals surface area (Å²) in [6.07, 6.45) is 1.51. The second-order valence-corrected chi connectivity index (χ2v) is 4.29. The lowest BCUT2D eigenvalue weighted by Gasteiger charge is -2.19. The first-order chi connectivity index (χ1) is 7.91. The fourth-order valence-electron chi connectivity index (χ4n) is 1.30. The Hall–Kier alpha value is -1.33. The molecule has 0 aromatic carbocycles. The number of aliphatic hydroxyl groups excluding tert-OH is 1. The average molecular weight is 259 g/mol. The molecule has 0 saturated carbocycles. The summed E-state index contributed by atoms with van der Waals surface area (Å²) in [6.45, 7) is 2.29. The second kappa shape index (κ2) is 5.84. The Morgan fingerprint density at radius 1 is 1.65 bits per heavy atom. The Morgan fingerprint density at radius 2 is 2.29 bits per heavy atom. The molecule has 1 heterocycles. The summed E-state index contributed by atoms with van der Waals surface area (Å²) in [5.74, 6) is -0.560. The van der Waals surface area contributed by atoms with Gasteiger partial charge in [-0.1, -0.05) is 11.6 Å². The van der Waals surface area contributed by atoms with Crippen molar-refractivity contribution in [1.29, 1.82) is 0 Å². The smallest absolute Gasteiger partial charge is 0.337 e. The summed E-state index contributed by atoms with van der Waals surface area (Å²) < 4.78 is 0. The molecule has 0 spiro atoms. The molecule has 0 bridgehead atoms. The third kappa shape index (κ3) is 3.87. The number of aromatic carboxylic acids is 1. The summed E-state index contributed by atoms with van der Waals surface area (Å²) in [5, 5.41) is 18.2. The Balaban J connectivity index is 2.84. The highest BCUT2D eigenvalue weighted by molar-refractivity contribution is 6.33. The van der Waals surface area contributed by atoms with Gasteiger partial charge in [0.15, 0.2) is 0 Å². The highest BCUT2D eigenvalue weighted by Crippen LogP contribution is 2.20. The van der Waals surface area contributed by atoms with E-state index in [9.17, 15) is 9.90 Å². The number of hydrogen-bond acceptors (Lipinski definition) is 4. The minimum Gasteiger partial charge on any atom is -0.478 e. The maximum Gasteiger partial charge on any atom is 0.337 e. The van der Waals surface area contributed by atoms with Crippen LogP contribution in [0.1, 0.15) is 23.7 Å². The van der Waals surface area contributed by atoms with Crippen molar-refractivity contribution >= 4 is 23.4 Å². The zero-order valence-electron chi connectivity index (χ0n) is 9.72. The van der Waals surface area contributed by atoms with E-state index in [1.807, 2.05) is 0 Å². The van der Waals surface area contributed by atoms with E-state index < -0.39 is 12.1 Å². The number of pyridine rings is 1. The van der Waals surface area contributed by atoms with Crippen LogP contribution in [0.4, 0.5) is 5.82 Å². The molecule has 1 rings (SSSR count). The molecule has 0 amide bonds. The van der Waals surface area contributed by atoms with Gasteiger partial charge in [-0.2, -0.15) is 0 Å². The molecule has 0 aliphatic carbocycles. The lowest BCUT2D eigenvalue weighted by Crippen LogP contribution is -2.23. The summed E-state index contributed by atoms with van der Waals surface area (Å²) in [6, 6.07) is 1.42. The van der Waals surface area contributed by atoms with Gasteiger partial charge in [0.05, 0.1) is 16.7 Å². The van der Waals surface area contributed by atoms with Crippen LogP contribution < -0.4 is 4.90 Å². The monoisotopic (exact) mass is 258 g/mol. The van der Waals surface area contributed by atoms with E-state index in [-0.39, 0.29) is 10.6 Å². The van der Waals surface area contributed by atoms with Gasteiger partial charge in [0.25, 0.3) is 0 Å². The Morgan fingerprint density at radius 3 is 2.82 bits per heavy atom. The molecule has 1 aromatic rings. The standard InChI is InChI=1S/C11H15ClN2O3/c1-7(15)3-4-14(2)10-5-8(11(16)17)9(12)6-13-10/h5-7,15H,3-4H2,1-2H3,(H,16,17). The van der Waals surface area contributed by atoms with E-state index in [0.29, 0.717) is 18.8 Å². The molecule has 2 N–H and O–H groups in total. The number of carboxylic acids is 1. The summed E-state index contributed by atoms with van der Waals surface area (Å²) >= 11 is 5.72. The number of anilines is 1. The van der Waals surface area contributed by atoms with Crippen molar-refractivity contribution in [3.8, 4) is 0 Å². The average Bonchev–Trinajstić information content (AvgIpc) is 2.26. The molecular weight excluding hydrogens is 244 g/mol. The fraction of sp³-hybridized carbons (Fsp3) is 0.455. The second-order valence-electron chi connectivity index (χ2n) is 3.89. The van der Waals surface area contributed by atoms with E-state index >= 15 is 0 Å². The van der Waals surface area contributed by atoms with Crippen LogP contribution in [-0.2, 0) is 0 Å². The van der Waals surface area contributed by atoms with E-state index in [0.717, 1.165) is 0 Å². The van der Waals surface area contributed by atoms with Crippen molar-refractivity contribution in [2.24, 2.45) is 0 Å². The van der Waals surface area contributed by atoms with Gasteiger partial charge < -0.3 is 15.1 Å². The third-order valence-corrected chi connectivity index (χ3v) is 2.65. The van der Waals surface area contributed by atoms with E-state index in [2.05, 4.69) is 4.98 Å². The molecule has 0 aliphatic heterocycles. The SMILES string of the molecule is CC(O)CCN(C)c1cc(C(=O)O)c(Cl)cn1. The number of halogens is 1. The molecule has 1 aromatic heterocycles. The van der Waals surface area contributed by atoms with Crippen LogP contribution in [0.15, 0.2) is 12.3 Å². The molecule has 5 nitrogen and oxygen atoms in total. The highest BCUT2D eigenvalue weighted by atomic mass is 35.5. The fourth-order valence-corrected chi connectivity index (χ4v) is 1.48. The minimum atomic E-state index is -1.08. The van der Waals surface area contributed by atoms with Crippen LogP contribution in [0, 0.1) is 0 Å². The molecule has 0 aliphatic rings. The molecule has 17 heavy (non-hydrogen) atoms. The molecule has 0 fully saturated rings. The van der Waals surface area contributed by atoms with Crippen LogP contribution >= 0.6 is 11.6 Å². The van der Waals surface area contributed by atoms with Crippen molar-refractivity contribution in [2.45, 2.75) is 19.4 Å². The molecule has 6 heteroatoms. The molecule has 94 valence electrons. The van der Waals surface area contributed by atoms with Gasteiger partial charge in [-0.3, -0.25) is 0 Å². The third-order valence-electron chi connectivity index (χ3n) is 2.34. The molecule has 1 unspecified atom stereocenters. The number of hydrogen-bond donors (Lipinski definition) is 2. The first-order valence-corrected chi connectivity index (χ1v) is 5.57. The zero-order valence-corrected chi connectivity index (χ0v) is 10.5. The first kappa shape index (κ1) is 13.7. The number of carboxylic acid groups (broad SMARTS) is 1. The molecule has 1 atom stereocenters. The van der Waals surface area contributed by atoms with Crippen LogP contribution in [0.25, 0.3) is 0 Å². The first-order valence-electron chi connectivity index (χ1n) is 5.20. The van der Waals surface area contributed by atoms with Gasteiger partial charge in [0.2, 0.25) is 0 Å². The van der Waals surface area contributed by atoms with Gasteiger partial charge >= 0.3 is 5.97 Å². The number of nitrogens with zero attached hydrogens (tertiary/aromatic N) is 2. The quantitative estimate of drug-likeness (QED) is 0.840. The topological polar surface area (TPSA) is 73.7 Å². The number of rotatable bonds is 5. The Bertz CT molecular complexity index is 410. The lowest BCUT2D eigenvalue weighted by atomic mass is 10.2. The van der Waals surface area contributed by atoms with E-state index in [4.69, 9.17) is 16.7 Å². The maximum absolute atomic E-state index is 10.9. The van der Waals surface area contributed by atoms with Crippen molar-refractivity contribution in [3.63, 3.8) is 0 Å². The van der Waals surface area contributed by atoms with Gasteiger partial charge in [0, 0.05) is 19.8 Å². The Kier molecular flexibility index (Phi) is 4.72. The predicted octanol–water partition coefficient (Wildman–Crippen LogP) is 1.64. The van der Waals surface area contributed by atoms with Crippen LogP contribution in [0.2, 0.25) is 5.02 Å². The predicted molar refractivity (Wildman–Crippen MR) is 65.8 cm³/mol. The van der Waals surface area contributed by atoms with Crippen molar-refractivity contribution in [1.82, 2.24) is 4.98 Å². The van der Waals surface area contributed by atoms with Crippen molar-refractivity contribution < 1.29 is 15.0 Å². The number of aromatic nitrogens is 1. The van der Waals surface area contributed by atoms with E-state index in [1.54, 1.807) is 18.9 Å². The van der Waals surface area contributed by atoms with Gasteiger partial charge in [-0.05, 0) is 19.4 Å². The minimum absolute atomic E-state index is 0.0283. The van der Waals surface area contributed by atoms with Crippen LogP contribution in [0.3, 0.4) is 0 Å². The Labute approximate surface area is 105 Å². The largest absolute Gasteiger partial charge is 0.478 e. The van der Waals surface area contributed by atoms with Gasteiger partial charge in [-0.15, -0.1) is 0 Å². The normalized spacial score (nSPS) is 12.2. The highest BCUT2D eigenvalue weighted by Gasteiger charge is 2.12. The molecule has 0 radical (unpaired) electrons. The van der Waals surface area contributed by atoms with E-state index in [1.165, 1.54) is 12.3 Å². The number of carbonyl (C=O) groups is 1. The lowest BCUT2D eigenvalue weighted by molar-refractivity contribution is 0.0697. The summed E-state index contributed by atoms with van der Waals surface area (Å²) in [4.78, 5) is 16.7.